The Hall–Kier alpha value is -3.36. The molecule has 0 saturated heterocycles. The third kappa shape index (κ3) is 5.56. The summed E-state index contributed by atoms with van der Waals surface area (Å²) >= 11 is 5.27. The maximum absolute atomic E-state index is 13.1. The molecule has 0 aliphatic carbocycles. The van der Waals surface area contributed by atoms with Crippen LogP contribution in [0.1, 0.15) is 37.9 Å². The van der Waals surface area contributed by atoms with Gasteiger partial charge >= 0.3 is 229 Å². The van der Waals surface area contributed by atoms with E-state index in [4.69, 9.17) is 11.6 Å². The summed E-state index contributed by atoms with van der Waals surface area (Å²) in [5, 5.41) is 6.57. The van der Waals surface area contributed by atoms with E-state index in [-0.39, 0.29) is 17.1 Å². The molecule has 2 aromatic carbocycles. The number of anilines is 3. The molecule has 3 heterocycles. The second kappa shape index (κ2) is 10.1. The number of H-pyrrole nitrogens is 1. The fourth-order valence-electron chi connectivity index (χ4n) is 4.24. The molecule has 1 unspecified atom stereocenters. The molecule has 12 heteroatoms. The van der Waals surface area contributed by atoms with Gasteiger partial charge in [0.15, 0.2) is 0 Å². The first kappa shape index (κ1) is 26.3. The van der Waals surface area contributed by atoms with Crippen molar-refractivity contribution in [1.82, 2.24) is 19.9 Å². The van der Waals surface area contributed by atoms with Gasteiger partial charge in [-0.15, -0.1) is 0 Å². The summed E-state index contributed by atoms with van der Waals surface area (Å²) < 4.78 is 40.7. The number of imidazole rings is 1. The van der Waals surface area contributed by atoms with Gasteiger partial charge in [-0.05, 0) is 0 Å². The molecule has 196 valence electrons. The van der Waals surface area contributed by atoms with E-state index in [0.29, 0.717) is 27.4 Å². The van der Waals surface area contributed by atoms with Crippen LogP contribution in [0.25, 0.3) is 11.4 Å². The second-order valence-electron chi connectivity index (χ2n) is 9.51. The van der Waals surface area contributed by atoms with Gasteiger partial charge < -0.3 is 0 Å². The van der Waals surface area contributed by atoms with E-state index in [9.17, 15) is 18.0 Å². The van der Waals surface area contributed by atoms with Gasteiger partial charge in [0.05, 0.1) is 0 Å². The Morgan fingerprint density at radius 2 is 1.92 bits per heavy atom. The number of amides is 1. The summed E-state index contributed by atoms with van der Waals surface area (Å²) in [5.41, 5.74) is 1.96. The number of aromatic amines is 1. The molecule has 0 fully saturated rings. The van der Waals surface area contributed by atoms with Gasteiger partial charge in [-0.2, -0.15) is 0 Å². The Kier molecular flexibility index (Phi) is 6.96. The van der Waals surface area contributed by atoms with E-state index in [1.807, 2.05) is 30.3 Å². The van der Waals surface area contributed by atoms with Crippen LogP contribution in [-0.2, 0) is 16.4 Å². The van der Waals surface area contributed by atoms with Crippen LogP contribution in [0, 0.1) is 0 Å². The van der Waals surface area contributed by atoms with Crippen molar-refractivity contribution < 1.29 is 18.0 Å². The third-order valence-electron chi connectivity index (χ3n) is 6.30. The van der Waals surface area contributed by atoms with Crippen molar-refractivity contribution in [2.75, 3.05) is 10.6 Å². The van der Waals surface area contributed by atoms with Crippen LogP contribution in [0.4, 0.5) is 30.5 Å². The van der Waals surface area contributed by atoms with Crippen LogP contribution in [0.5, 0.6) is 0 Å². The summed E-state index contributed by atoms with van der Waals surface area (Å²) in [7, 11) is 0. The van der Waals surface area contributed by atoms with Gasteiger partial charge in [-0.1, -0.05) is 0 Å². The minimum absolute atomic E-state index is 0.00265. The molecular formula is C26H23AsClF3N6O. The van der Waals surface area contributed by atoms with Crippen molar-refractivity contribution in [2.24, 2.45) is 0 Å². The average molecular weight is 603 g/mol. The Bertz CT molecular complexity index is 1520. The van der Waals surface area contributed by atoms with Crippen LogP contribution in [-0.4, -0.2) is 41.6 Å². The Morgan fingerprint density at radius 3 is 2.68 bits per heavy atom. The van der Waals surface area contributed by atoms with E-state index in [2.05, 4.69) is 44.4 Å². The molecule has 1 amide bonds. The molecule has 5 rings (SSSR count). The summed E-state index contributed by atoms with van der Waals surface area (Å²) in [4.78, 5) is 27.4. The number of rotatable bonds is 5. The van der Waals surface area contributed by atoms with Crippen molar-refractivity contribution in [3.63, 3.8) is 0 Å². The Morgan fingerprint density at radius 1 is 1.13 bits per heavy atom. The van der Waals surface area contributed by atoms with E-state index in [1.165, 1.54) is 6.20 Å². The first-order chi connectivity index (χ1) is 18.0. The van der Waals surface area contributed by atoms with Crippen molar-refractivity contribution >= 4 is 59.4 Å². The average Bonchev–Trinajstić information content (AvgIpc) is 3.33. The molecule has 38 heavy (non-hydrogen) atoms. The summed E-state index contributed by atoms with van der Waals surface area (Å²) in [6, 6.07) is 12.8. The predicted molar refractivity (Wildman–Crippen MR) is 143 cm³/mol. The quantitative estimate of drug-likeness (QED) is 0.289. The number of hydrogen-bond acceptors (Lipinski definition) is 5. The number of nitrogens with zero attached hydrogens (tertiary/aromatic N) is 3. The molecule has 4 aromatic rings. The third-order valence-corrected chi connectivity index (χ3v) is 9.69. The number of benzene rings is 2. The van der Waals surface area contributed by atoms with Crippen LogP contribution >= 0.6 is 11.6 Å². The van der Waals surface area contributed by atoms with Gasteiger partial charge in [0, 0.05) is 0 Å². The summed E-state index contributed by atoms with van der Waals surface area (Å²) in [6.07, 6.45) is -0.983. The van der Waals surface area contributed by atoms with Crippen molar-refractivity contribution in [3.05, 3.63) is 71.1 Å². The number of carbonyl (C=O) groups is 1. The number of hydrogen-bond donors (Lipinski definition) is 3. The monoisotopic (exact) mass is 602 g/mol. The minimum atomic E-state index is -4.53. The fraction of sp³-hybridized carbons (Fsp3) is 0.231. The number of nitrogens with one attached hydrogen (secondary N) is 3. The second-order valence-corrected chi connectivity index (χ2v) is 12.6. The molecule has 0 bridgehead atoms. The van der Waals surface area contributed by atoms with E-state index in [0.717, 1.165) is 33.9 Å². The number of carbonyl (C=O) groups excluding carboxylic acids is 1. The van der Waals surface area contributed by atoms with Crippen molar-refractivity contribution in [1.29, 1.82) is 0 Å². The summed E-state index contributed by atoms with van der Waals surface area (Å²) in [6.45, 7) is 4.21. The van der Waals surface area contributed by atoms with Crippen LogP contribution in [0.15, 0.2) is 54.9 Å². The number of fused-ring (bicyclic) bond motifs is 1. The maximum atomic E-state index is 13.1. The zero-order valence-electron chi connectivity index (χ0n) is 20.4. The van der Waals surface area contributed by atoms with E-state index < -0.39 is 27.6 Å². The number of aromatic nitrogens is 4. The van der Waals surface area contributed by atoms with Crippen LogP contribution < -0.4 is 19.5 Å². The molecular weight excluding hydrogens is 580 g/mol. The topological polar surface area (TPSA) is 95.6 Å². The van der Waals surface area contributed by atoms with Gasteiger partial charge in [-0.3, -0.25) is 0 Å². The Balaban J connectivity index is 1.42. The van der Waals surface area contributed by atoms with Gasteiger partial charge in [0.1, 0.15) is 0 Å². The summed E-state index contributed by atoms with van der Waals surface area (Å²) in [5.74, 6) is 0.482. The normalized spacial score (nSPS) is 15.3. The molecule has 1 aliphatic heterocycles. The molecule has 1 atom stereocenters. The predicted octanol–water partition coefficient (Wildman–Crippen LogP) is 4.68. The van der Waals surface area contributed by atoms with Crippen LogP contribution in [0.3, 0.4) is 0 Å². The number of alkyl halides is 3. The fourth-order valence-corrected chi connectivity index (χ4v) is 6.92. The standard InChI is InChI=1S/C26H23AsClF3N6O/c1-25(2)10-9-21(38)35-19-8-7-14(11-16(19)25)34-24-33-12-18(28)22(37-24)27-17-6-4-3-5-15(17)23-32-13-20(36-23)26(29,30)31/h3-8,11-13,27H,9-10H2,1-2H3,(H,32,36)(H,35,38)(H,33,34,37). The van der Waals surface area contributed by atoms with E-state index >= 15 is 0 Å². The zero-order chi connectivity index (χ0) is 27.1. The van der Waals surface area contributed by atoms with Gasteiger partial charge in [0.2, 0.25) is 0 Å². The molecule has 3 N–H and O–H groups in total. The van der Waals surface area contributed by atoms with Crippen LogP contribution in [0.2, 0.25) is 5.02 Å². The van der Waals surface area contributed by atoms with Crippen molar-refractivity contribution in [2.45, 2.75) is 38.3 Å². The van der Waals surface area contributed by atoms with Gasteiger partial charge in [-0.25, -0.2) is 0 Å². The number of halogens is 4. The molecule has 2 aromatic heterocycles. The first-order valence-corrected chi connectivity index (χ1v) is 14.2. The molecule has 0 radical (unpaired) electrons. The SMILES string of the molecule is CC1(C)CCC(=O)Nc2ccc(Nc3ncc(Cl)c([AsH]c4ccccc4-c4nc(C(F)(F)F)c[nH]4)n3)cc21. The first-order valence-electron chi connectivity index (χ1n) is 11.7. The molecule has 1 aliphatic rings. The van der Waals surface area contributed by atoms with Crippen molar-refractivity contribution in [3.8, 4) is 11.4 Å². The zero-order valence-corrected chi connectivity index (χ0v) is 23.2. The Labute approximate surface area is 228 Å². The molecule has 7 nitrogen and oxygen atoms in total. The van der Waals surface area contributed by atoms with Gasteiger partial charge in [0.25, 0.3) is 0 Å². The van der Waals surface area contributed by atoms with E-state index in [1.54, 1.807) is 12.1 Å². The molecule has 0 saturated carbocycles. The molecule has 0 spiro atoms.